The average Bonchev–Trinajstić information content (AvgIpc) is 3.28. The van der Waals surface area contributed by atoms with E-state index in [1.54, 1.807) is 18.2 Å². The number of fused-ring (bicyclic) bond motifs is 2. The van der Waals surface area contributed by atoms with Crippen molar-refractivity contribution in [2.24, 2.45) is 5.92 Å². The van der Waals surface area contributed by atoms with Crippen LogP contribution in [0.2, 0.25) is 0 Å². The summed E-state index contributed by atoms with van der Waals surface area (Å²) in [4.78, 5) is 47.0. The van der Waals surface area contributed by atoms with Gasteiger partial charge in [0.05, 0.1) is 28.2 Å². The maximum atomic E-state index is 12.7. The first kappa shape index (κ1) is 22.2. The standard InChI is InChI=1S/C24H25BrN4O3/c1-14(2)12-20(22-27-18-6-3-4-7-19(18)28-22)26-21(30)8-5-11-29-23(31)16-10-9-15(25)13-17(16)24(29)32/h3-4,6-7,9-10,13-14,20H,5,8,11-12H2,1-2H3,(H,26,30)(H,27,28). The maximum absolute atomic E-state index is 12.7. The Labute approximate surface area is 194 Å². The number of nitrogens with zero attached hydrogens (tertiary/aromatic N) is 2. The van der Waals surface area contributed by atoms with Gasteiger partial charge in [0.15, 0.2) is 0 Å². The summed E-state index contributed by atoms with van der Waals surface area (Å²) in [5.41, 5.74) is 2.60. The van der Waals surface area contributed by atoms with Gasteiger partial charge in [0.1, 0.15) is 5.82 Å². The lowest BCUT2D eigenvalue weighted by Crippen LogP contribution is -2.33. The minimum absolute atomic E-state index is 0.129. The van der Waals surface area contributed by atoms with E-state index in [-0.39, 0.29) is 36.7 Å². The molecule has 0 bridgehead atoms. The van der Waals surface area contributed by atoms with Crippen LogP contribution in [0.4, 0.5) is 0 Å². The first-order valence-corrected chi connectivity index (χ1v) is 11.5. The van der Waals surface area contributed by atoms with Crippen molar-refractivity contribution in [2.45, 2.75) is 39.2 Å². The summed E-state index contributed by atoms with van der Waals surface area (Å²) in [5, 5.41) is 3.07. The van der Waals surface area contributed by atoms with Crippen LogP contribution in [0.5, 0.6) is 0 Å². The number of carbonyl (C=O) groups excluding carboxylic acids is 3. The van der Waals surface area contributed by atoms with E-state index in [1.165, 1.54) is 4.90 Å². The van der Waals surface area contributed by atoms with Gasteiger partial charge in [-0.15, -0.1) is 0 Å². The van der Waals surface area contributed by atoms with Crippen molar-refractivity contribution in [1.29, 1.82) is 0 Å². The van der Waals surface area contributed by atoms with E-state index < -0.39 is 0 Å². The fourth-order valence-corrected chi connectivity index (χ4v) is 4.34. The Morgan fingerprint density at radius 2 is 1.88 bits per heavy atom. The average molecular weight is 497 g/mol. The van der Waals surface area contributed by atoms with Crippen LogP contribution in [0.15, 0.2) is 46.9 Å². The van der Waals surface area contributed by atoms with Crippen LogP contribution in [0.3, 0.4) is 0 Å². The summed E-state index contributed by atoms with van der Waals surface area (Å²) >= 11 is 3.33. The first-order chi connectivity index (χ1) is 15.3. The van der Waals surface area contributed by atoms with E-state index in [4.69, 9.17) is 0 Å². The Bertz CT molecular complexity index is 1150. The van der Waals surface area contributed by atoms with Gasteiger partial charge < -0.3 is 10.3 Å². The van der Waals surface area contributed by atoms with Crippen LogP contribution in [-0.2, 0) is 4.79 Å². The van der Waals surface area contributed by atoms with Crippen LogP contribution in [0.25, 0.3) is 11.0 Å². The first-order valence-electron chi connectivity index (χ1n) is 10.7. The van der Waals surface area contributed by atoms with Crippen molar-refractivity contribution in [3.05, 3.63) is 63.9 Å². The fraction of sp³-hybridized carbons (Fsp3) is 0.333. The van der Waals surface area contributed by atoms with Gasteiger partial charge in [-0.25, -0.2) is 4.98 Å². The molecule has 0 radical (unpaired) electrons. The van der Waals surface area contributed by atoms with Gasteiger partial charge in [0.2, 0.25) is 5.91 Å². The topological polar surface area (TPSA) is 95.2 Å². The predicted octanol–water partition coefficient (Wildman–Crippen LogP) is 4.61. The fourth-order valence-electron chi connectivity index (χ4n) is 3.98. The second kappa shape index (κ2) is 9.24. The number of aromatic amines is 1. The van der Waals surface area contributed by atoms with Crippen molar-refractivity contribution in [3.8, 4) is 0 Å². The highest BCUT2D eigenvalue weighted by Gasteiger charge is 2.35. The molecule has 2 N–H and O–H groups in total. The lowest BCUT2D eigenvalue weighted by Gasteiger charge is -2.19. The van der Waals surface area contributed by atoms with Crippen molar-refractivity contribution < 1.29 is 14.4 Å². The minimum atomic E-state index is -0.313. The number of amides is 3. The number of benzene rings is 2. The molecule has 0 saturated heterocycles. The number of para-hydroxylation sites is 2. The second-order valence-corrected chi connectivity index (χ2v) is 9.36. The molecule has 7 nitrogen and oxygen atoms in total. The number of rotatable bonds is 8. The third kappa shape index (κ3) is 4.60. The largest absolute Gasteiger partial charge is 0.346 e. The van der Waals surface area contributed by atoms with Gasteiger partial charge in [0, 0.05) is 17.4 Å². The highest BCUT2D eigenvalue weighted by Crippen LogP contribution is 2.26. The molecule has 3 amide bonds. The minimum Gasteiger partial charge on any atom is -0.346 e. The molecule has 166 valence electrons. The van der Waals surface area contributed by atoms with Crippen molar-refractivity contribution in [2.75, 3.05) is 6.54 Å². The van der Waals surface area contributed by atoms with E-state index in [0.29, 0.717) is 23.5 Å². The van der Waals surface area contributed by atoms with Gasteiger partial charge in [-0.3, -0.25) is 19.3 Å². The Morgan fingerprint density at radius 1 is 1.12 bits per heavy atom. The Kier molecular flexibility index (Phi) is 6.41. The molecule has 1 aromatic heterocycles. The van der Waals surface area contributed by atoms with Gasteiger partial charge in [-0.1, -0.05) is 41.9 Å². The van der Waals surface area contributed by atoms with Gasteiger partial charge in [-0.05, 0) is 49.1 Å². The monoisotopic (exact) mass is 496 g/mol. The molecule has 2 heterocycles. The number of imide groups is 1. The SMILES string of the molecule is CC(C)CC(NC(=O)CCCN1C(=O)c2ccc(Br)cc2C1=O)c1nc2ccccc2[nH]1. The third-order valence-corrected chi connectivity index (χ3v) is 5.99. The highest BCUT2D eigenvalue weighted by atomic mass is 79.9. The van der Waals surface area contributed by atoms with Crippen molar-refractivity contribution in [3.63, 3.8) is 0 Å². The zero-order chi connectivity index (χ0) is 22.8. The van der Waals surface area contributed by atoms with E-state index in [1.807, 2.05) is 24.3 Å². The maximum Gasteiger partial charge on any atom is 0.261 e. The summed E-state index contributed by atoms with van der Waals surface area (Å²) in [7, 11) is 0. The van der Waals surface area contributed by atoms with Crippen LogP contribution in [-0.4, -0.2) is 39.1 Å². The third-order valence-electron chi connectivity index (χ3n) is 5.50. The molecular weight excluding hydrogens is 472 g/mol. The highest BCUT2D eigenvalue weighted by molar-refractivity contribution is 9.10. The number of halogens is 1. The number of H-pyrrole nitrogens is 1. The summed E-state index contributed by atoms with van der Waals surface area (Å²) in [6, 6.07) is 12.6. The molecule has 32 heavy (non-hydrogen) atoms. The van der Waals surface area contributed by atoms with E-state index >= 15 is 0 Å². The number of aromatic nitrogens is 2. The number of hydrogen-bond acceptors (Lipinski definition) is 4. The number of hydrogen-bond donors (Lipinski definition) is 2. The molecule has 1 aliphatic heterocycles. The summed E-state index contributed by atoms with van der Waals surface area (Å²) in [6.07, 6.45) is 1.36. The Hall–Kier alpha value is -3.00. The summed E-state index contributed by atoms with van der Waals surface area (Å²) < 4.78 is 0.750. The zero-order valence-corrected chi connectivity index (χ0v) is 19.6. The van der Waals surface area contributed by atoms with E-state index in [2.05, 4.69) is 45.1 Å². The zero-order valence-electron chi connectivity index (χ0n) is 18.0. The predicted molar refractivity (Wildman–Crippen MR) is 125 cm³/mol. The van der Waals surface area contributed by atoms with Gasteiger partial charge in [-0.2, -0.15) is 0 Å². The summed E-state index contributed by atoms with van der Waals surface area (Å²) in [5.74, 6) is 0.352. The molecule has 0 fully saturated rings. The van der Waals surface area contributed by atoms with Gasteiger partial charge >= 0.3 is 0 Å². The molecule has 1 unspecified atom stereocenters. The van der Waals surface area contributed by atoms with Crippen LogP contribution < -0.4 is 5.32 Å². The van der Waals surface area contributed by atoms with Gasteiger partial charge in [0.25, 0.3) is 11.8 Å². The molecular formula is C24H25BrN4O3. The normalized spacial score (nSPS) is 14.3. The number of nitrogens with one attached hydrogen (secondary N) is 2. The van der Waals surface area contributed by atoms with Crippen LogP contribution >= 0.6 is 15.9 Å². The Balaban J connectivity index is 1.37. The lowest BCUT2D eigenvalue weighted by atomic mass is 10.0. The number of imidazole rings is 1. The van der Waals surface area contributed by atoms with E-state index in [9.17, 15) is 14.4 Å². The molecule has 0 saturated carbocycles. The molecule has 1 atom stereocenters. The second-order valence-electron chi connectivity index (χ2n) is 8.44. The quantitative estimate of drug-likeness (QED) is 0.445. The molecule has 1 aliphatic rings. The molecule has 0 aliphatic carbocycles. The van der Waals surface area contributed by atoms with Crippen LogP contribution in [0, 0.1) is 5.92 Å². The van der Waals surface area contributed by atoms with Crippen molar-refractivity contribution in [1.82, 2.24) is 20.2 Å². The Morgan fingerprint density at radius 3 is 2.62 bits per heavy atom. The summed E-state index contributed by atoms with van der Waals surface area (Å²) in [6.45, 7) is 4.40. The lowest BCUT2D eigenvalue weighted by molar-refractivity contribution is -0.122. The molecule has 8 heteroatoms. The molecule has 4 rings (SSSR count). The van der Waals surface area contributed by atoms with E-state index in [0.717, 1.165) is 27.8 Å². The smallest absolute Gasteiger partial charge is 0.261 e. The van der Waals surface area contributed by atoms with Crippen LogP contribution in [0.1, 0.15) is 65.7 Å². The molecule has 0 spiro atoms. The molecule has 2 aromatic carbocycles. The number of carbonyl (C=O) groups is 3. The van der Waals surface area contributed by atoms with Crippen molar-refractivity contribution >= 4 is 44.7 Å². The molecule has 3 aromatic rings.